The van der Waals surface area contributed by atoms with E-state index in [1.165, 1.54) is 23.6 Å². The summed E-state index contributed by atoms with van der Waals surface area (Å²) < 4.78 is 39.2. The van der Waals surface area contributed by atoms with Gasteiger partial charge in [0.15, 0.2) is 5.78 Å². The number of carbonyl (C=O) groups excluding carboxylic acids is 4. The van der Waals surface area contributed by atoms with Gasteiger partial charge in [-0.3, -0.25) is 19.2 Å². The van der Waals surface area contributed by atoms with Gasteiger partial charge in [-0.15, -0.1) is 11.3 Å². The van der Waals surface area contributed by atoms with E-state index >= 15 is 0 Å². The van der Waals surface area contributed by atoms with Crippen LogP contribution in [0.5, 0.6) is 0 Å². The standard InChI is InChI=1S/C17H9F3O5S/c18-17(19,20)15(24)11(12(21)10-6-3-7-26-10)16(25)13(22)8-4-1-2-5-9(8)14(16)23/h1-7,11,25H/t11-/m0/s1. The van der Waals surface area contributed by atoms with Crippen LogP contribution in [0.15, 0.2) is 41.8 Å². The van der Waals surface area contributed by atoms with Crippen LogP contribution in [0.4, 0.5) is 13.2 Å². The number of hydrogen-bond donors (Lipinski definition) is 1. The third kappa shape index (κ3) is 2.51. The van der Waals surface area contributed by atoms with E-state index in [4.69, 9.17) is 0 Å². The Labute approximate surface area is 148 Å². The lowest BCUT2D eigenvalue weighted by molar-refractivity contribution is -0.177. The molecule has 1 atom stereocenters. The predicted molar refractivity (Wildman–Crippen MR) is 83.3 cm³/mol. The van der Waals surface area contributed by atoms with Gasteiger partial charge < -0.3 is 5.11 Å². The van der Waals surface area contributed by atoms with Crippen LogP contribution in [0.1, 0.15) is 30.4 Å². The van der Waals surface area contributed by atoms with Gasteiger partial charge in [0.1, 0.15) is 5.92 Å². The lowest BCUT2D eigenvalue weighted by Gasteiger charge is -2.27. The van der Waals surface area contributed by atoms with Crippen LogP contribution >= 0.6 is 11.3 Å². The number of aliphatic hydroxyl groups is 1. The summed E-state index contributed by atoms with van der Waals surface area (Å²) in [5.41, 5.74) is -4.10. The van der Waals surface area contributed by atoms with E-state index in [2.05, 4.69) is 0 Å². The van der Waals surface area contributed by atoms with Crippen LogP contribution in [0.2, 0.25) is 0 Å². The Morgan fingerprint density at radius 3 is 1.96 bits per heavy atom. The summed E-state index contributed by atoms with van der Waals surface area (Å²) in [6.45, 7) is 0. The number of rotatable bonds is 4. The van der Waals surface area contributed by atoms with Crippen molar-refractivity contribution in [3.05, 3.63) is 57.8 Å². The number of carbonyl (C=O) groups is 4. The fourth-order valence-electron chi connectivity index (χ4n) is 2.88. The maximum atomic E-state index is 13.1. The number of alkyl halides is 3. The molecule has 0 spiro atoms. The molecule has 26 heavy (non-hydrogen) atoms. The van der Waals surface area contributed by atoms with Crippen molar-refractivity contribution >= 4 is 34.5 Å². The third-order valence-corrected chi connectivity index (χ3v) is 4.98. The highest BCUT2D eigenvalue weighted by atomic mass is 32.1. The Kier molecular flexibility index (Phi) is 4.16. The molecule has 0 amide bonds. The smallest absolute Gasteiger partial charge is 0.373 e. The molecule has 9 heteroatoms. The van der Waals surface area contributed by atoms with E-state index < -0.39 is 40.8 Å². The van der Waals surface area contributed by atoms with Gasteiger partial charge in [0.05, 0.1) is 4.88 Å². The Morgan fingerprint density at radius 1 is 1.00 bits per heavy atom. The second kappa shape index (κ2) is 5.96. The number of halogens is 3. The monoisotopic (exact) mass is 382 g/mol. The molecule has 1 N–H and O–H groups in total. The zero-order valence-corrected chi connectivity index (χ0v) is 13.6. The number of fused-ring (bicyclic) bond motifs is 1. The van der Waals surface area contributed by atoms with Crippen molar-refractivity contribution in [3.63, 3.8) is 0 Å². The minimum Gasteiger partial charge on any atom is -0.373 e. The maximum absolute atomic E-state index is 13.1. The van der Waals surface area contributed by atoms with Crippen molar-refractivity contribution in [2.45, 2.75) is 11.8 Å². The van der Waals surface area contributed by atoms with E-state index in [0.29, 0.717) is 0 Å². The van der Waals surface area contributed by atoms with Crippen LogP contribution in [0, 0.1) is 5.92 Å². The van der Waals surface area contributed by atoms with Gasteiger partial charge in [0, 0.05) is 11.1 Å². The third-order valence-electron chi connectivity index (χ3n) is 4.09. The highest BCUT2D eigenvalue weighted by Gasteiger charge is 2.65. The Hall–Kier alpha value is -2.65. The van der Waals surface area contributed by atoms with Crippen molar-refractivity contribution in [1.82, 2.24) is 0 Å². The molecule has 134 valence electrons. The topological polar surface area (TPSA) is 88.5 Å². The van der Waals surface area contributed by atoms with Crippen molar-refractivity contribution in [3.8, 4) is 0 Å². The Morgan fingerprint density at radius 2 is 1.54 bits per heavy atom. The Bertz CT molecular complexity index is 895. The van der Waals surface area contributed by atoms with Crippen molar-refractivity contribution in [2.75, 3.05) is 0 Å². The summed E-state index contributed by atoms with van der Waals surface area (Å²) >= 11 is 0.728. The van der Waals surface area contributed by atoms with E-state index in [1.807, 2.05) is 0 Å². The normalized spacial score (nSPS) is 17.1. The molecule has 0 fully saturated rings. The quantitative estimate of drug-likeness (QED) is 0.648. The van der Waals surface area contributed by atoms with Gasteiger partial charge >= 0.3 is 6.18 Å². The molecule has 2 aromatic rings. The molecule has 1 aromatic heterocycles. The molecule has 1 aromatic carbocycles. The fourth-order valence-corrected chi connectivity index (χ4v) is 3.57. The van der Waals surface area contributed by atoms with Crippen LogP contribution < -0.4 is 0 Å². The zero-order chi connectivity index (χ0) is 19.3. The predicted octanol–water partition coefficient (Wildman–Crippen LogP) is 2.49. The highest BCUT2D eigenvalue weighted by molar-refractivity contribution is 7.12. The molecule has 1 aliphatic rings. The SMILES string of the molecule is O=C(c1cccs1)[C@@H](C(=O)C(F)(F)F)C1(O)C(=O)c2ccccc2C1=O. The molecular formula is C17H9F3O5S. The molecule has 1 aliphatic carbocycles. The molecular weight excluding hydrogens is 373 g/mol. The minimum absolute atomic E-state index is 0.280. The first-order valence-electron chi connectivity index (χ1n) is 7.20. The first kappa shape index (κ1) is 18.2. The Balaban J connectivity index is 2.19. The largest absolute Gasteiger partial charge is 0.450 e. The summed E-state index contributed by atoms with van der Waals surface area (Å²) in [6.07, 6.45) is -5.53. The average molecular weight is 382 g/mol. The van der Waals surface area contributed by atoms with Crippen LogP contribution in [0.3, 0.4) is 0 Å². The summed E-state index contributed by atoms with van der Waals surface area (Å²) in [4.78, 5) is 49.3. The number of thiophene rings is 1. The molecule has 0 bridgehead atoms. The van der Waals surface area contributed by atoms with E-state index in [9.17, 15) is 37.5 Å². The summed E-state index contributed by atoms with van der Waals surface area (Å²) in [5.74, 6) is -9.78. The van der Waals surface area contributed by atoms with Gasteiger partial charge in [-0.1, -0.05) is 30.3 Å². The summed E-state index contributed by atoms with van der Waals surface area (Å²) in [7, 11) is 0. The molecule has 0 saturated carbocycles. The number of benzene rings is 1. The molecule has 1 heterocycles. The van der Waals surface area contributed by atoms with Crippen molar-refractivity contribution in [2.24, 2.45) is 5.92 Å². The first-order chi connectivity index (χ1) is 12.1. The highest BCUT2D eigenvalue weighted by Crippen LogP contribution is 2.40. The first-order valence-corrected chi connectivity index (χ1v) is 8.08. The van der Waals surface area contributed by atoms with Crippen LogP contribution in [-0.2, 0) is 4.79 Å². The van der Waals surface area contributed by atoms with E-state index in [0.717, 1.165) is 29.5 Å². The fraction of sp³-hybridized carbons (Fsp3) is 0.176. The van der Waals surface area contributed by atoms with Gasteiger partial charge in [0.2, 0.25) is 17.2 Å². The number of hydrogen-bond acceptors (Lipinski definition) is 6. The molecule has 0 saturated heterocycles. The minimum atomic E-state index is -5.53. The van der Waals surface area contributed by atoms with E-state index in [-0.39, 0.29) is 16.0 Å². The van der Waals surface area contributed by atoms with Crippen molar-refractivity contribution in [1.29, 1.82) is 0 Å². The maximum Gasteiger partial charge on any atom is 0.450 e. The molecule has 5 nitrogen and oxygen atoms in total. The lowest BCUT2D eigenvalue weighted by atomic mass is 9.77. The van der Waals surface area contributed by atoms with E-state index in [1.54, 1.807) is 0 Å². The summed E-state index contributed by atoms with van der Waals surface area (Å²) in [5, 5.41) is 12.1. The zero-order valence-electron chi connectivity index (χ0n) is 12.7. The molecule has 0 aliphatic heterocycles. The van der Waals surface area contributed by atoms with Crippen LogP contribution in [-0.4, -0.2) is 40.0 Å². The summed E-state index contributed by atoms with van der Waals surface area (Å²) in [6, 6.07) is 7.46. The van der Waals surface area contributed by atoms with Gasteiger partial charge in [-0.2, -0.15) is 13.2 Å². The van der Waals surface area contributed by atoms with Gasteiger partial charge in [-0.25, -0.2) is 0 Å². The lowest BCUT2D eigenvalue weighted by Crippen LogP contribution is -2.57. The molecule has 0 unspecified atom stereocenters. The average Bonchev–Trinajstić information content (AvgIpc) is 3.19. The van der Waals surface area contributed by atoms with Crippen molar-refractivity contribution < 1.29 is 37.5 Å². The second-order valence-corrected chi connectivity index (χ2v) is 6.55. The second-order valence-electron chi connectivity index (χ2n) is 5.61. The van der Waals surface area contributed by atoms with Crippen LogP contribution in [0.25, 0.3) is 0 Å². The van der Waals surface area contributed by atoms with Gasteiger partial charge in [-0.05, 0) is 11.4 Å². The van der Waals surface area contributed by atoms with Gasteiger partial charge in [0.25, 0.3) is 5.78 Å². The number of ketones is 4. The number of Topliss-reactive ketones (excluding diaryl/α,β-unsaturated/α-hetero) is 4. The molecule has 0 radical (unpaired) electrons. The molecule has 3 rings (SSSR count).